The summed E-state index contributed by atoms with van der Waals surface area (Å²) in [6.07, 6.45) is -0.427. The maximum Gasteiger partial charge on any atom is 0.119 e. The summed E-state index contributed by atoms with van der Waals surface area (Å²) in [6.45, 7) is 4.03. The van der Waals surface area contributed by atoms with Gasteiger partial charge in [-0.05, 0) is 37.6 Å². The average Bonchev–Trinajstić information content (AvgIpc) is 2.07. The Morgan fingerprint density at radius 2 is 2.23 bits per heavy atom. The molecule has 0 fully saturated rings. The van der Waals surface area contributed by atoms with Crippen molar-refractivity contribution in [2.45, 2.75) is 20.0 Å². The second-order valence-electron chi connectivity index (χ2n) is 3.07. The van der Waals surface area contributed by atoms with E-state index in [0.717, 1.165) is 15.8 Å². The molecule has 13 heavy (non-hydrogen) atoms. The predicted octanol–water partition coefficient (Wildman–Crippen LogP) is 2.52. The van der Waals surface area contributed by atoms with Crippen molar-refractivity contribution in [3.05, 3.63) is 28.2 Å². The number of aliphatic hydroxyl groups is 1. The Bertz CT molecular complexity index is 284. The Balaban J connectivity index is 2.63. The Morgan fingerprint density at radius 1 is 1.54 bits per heavy atom. The van der Waals surface area contributed by atoms with Gasteiger partial charge >= 0.3 is 0 Å². The van der Waals surface area contributed by atoms with Crippen LogP contribution in [0.1, 0.15) is 12.5 Å². The van der Waals surface area contributed by atoms with E-state index in [1.807, 2.05) is 25.1 Å². The van der Waals surface area contributed by atoms with Gasteiger partial charge in [0.2, 0.25) is 0 Å². The Kier molecular flexibility index (Phi) is 3.75. The zero-order valence-electron chi connectivity index (χ0n) is 7.75. The molecule has 1 rings (SSSR count). The van der Waals surface area contributed by atoms with E-state index in [0.29, 0.717) is 6.61 Å². The summed E-state index contributed by atoms with van der Waals surface area (Å²) < 4.78 is 6.40. The lowest BCUT2D eigenvalue weighted by Crippen LogP contribution is -2.12. The maximum atomic E-state index is 9.00. The van der Waals surface area contributed by atoms with Crippen LogP contribution in [0, 0.1) is 6.92 Å². The van der Waals surface area contributed by atoms with Crippen molar-refractivity contribution in [3.63, 3.8) is 0 Å². The second-order valence-corrected chi connectivity index (χ2v) is 3.93. The van der Waals surface area contributed by atoms with Gasteiger partial charge in [0.15, 0.2) is 0 Å². The molecule has 1 atom stereocenters. The van der Waals surface area contributed by atoms with E-state index in [1.54, 1.807) is 6.92 Å². The normalized spacial score (nSPS) is 12.6. The summed E-state index contributed by atoms with van der Waals surface area (Å²) >= 11 is 3.40. The van der Waals surface area contributed by atoms with Crippen molar-refractivity contribution in [2.75, 3.05) is 6.61 Å². The van der Waals surface area contributed by atoms with Gasteiger partial charge in [-0.1, -0.05) is 15.9 Å². The Labute approximate surface area is 86.7 Å². The van der Waals surface area contributed by atoms with Gasteiger partial charge in [0.05, 0.1) is 6.10 Å². The van der Waals surface area contributed by atoms with E-state index in [-0.39, 0.29) is 0 Å². The number of aliphatic hydroxyl groups excluding tert-OH is 1. The van der Waals surface area contributed by atoms with Crippen molar-refractivity contribution in [2.24, 2.45) is 0 Å². The zero-order valence-corrected chi connectivity index (χ0v) is 9.34. The number of benzene rings is 1. The molecule has 0 saturated carbocycles. The van der Waals surface area contributed by atoms with Crippen molar-refractivity contribution in [1.29, 1.82) is 0 Å². The molecule has 0 aromatic heterocycles. The van der Waals surface area contributed by atoms with Crippen LogP contribution in [0.25, 0.3) is 0 Å². The first-order chi connectivity index (χ1) is 6.09. The molecule has 72 valence electrons. The molecule has 3 heteroatoms. The maximum absolute atomic E-state index is 9.00. The molecule has 1 aromatic carbocycles. The van der Waals surface area contributed by atoms with Crippen molar-refractivity contribution < 1.29 is 9.84 Å². The van der Waals surface area contributed by atoms with E-state index < -0.39 is 6.10 Å². The third-order valence-corrected chi connectivity index (χ3v) is 2.51. The predicted molar refractivity (Wildman–Crippen MR) is 56.1 cm³/mol. The van der Waals surface area contributed by atoms with Crippen LogP contribution in [-0.2, 0) is 0 Å². The molecule has 0 aliphatic carbocycles. The lowest BCUT2D eigenvalue weighted by Gasteiger charge is -2.08. The average molecular weight is 245 g/mol. The molecule has 0 aliphatic rings. The van der Waals surface area contributed by atoms with Crippen molar-refractivity contribution in [1.82, 2.24) is 0 Å². The first kappa shape index (κ1) is 10.5. The molecular weight excluding hydrogens is 232 g/mol. The molecule has 0 bridgehead atoms. The number of rotatable bonds is 3. The lowest BCUT2D eigenvalue weighted by molar-refractivity contribution is 0.122. The number of halogens is 1. The third-order valence-electron chi connectivity index (χ3n) is 1.62. The zero-order chi connectivity index (χ0) is 9.84. The van der Waals surface area contributed by atoms with Gasteiger partial charge in [-0.2, -0.15) is 0 Å². The van der Waals surface area contributed by atoms with Crippen LogP contribution in [0.3, 0.4) is 0 Å². The smallest absolute Gasteiger partial charge is 0.119 e. The van der Waals surface area contributed by atoms with Crippen LogP contribution in [0.5, 0.6) is 5.75 Å². The summed E-state index contributed by atoms with van der Waals surface area (Å²) in [7, 11) is 0. The van der Waals surface area contributed by atoms with Crippen molar-refractivity contribution >= 4 is 15.9 Å². The van der Waals surface area contributed by atoms with Gasteiger partial charge < -0.3 is 9.84 Å². The van der Waals surface area contributed by atoms with Crippen LogP contribution in [0.15, 0.2) is 22.7 Å². The fourth-order valence-electron chi connectivity index (χ4n) is 0.924. The summed E-state index contributed by atoms with van der Waals surface area (Å²) in [5.41, 5.74) is 1.13. The van der Waals surface area contributed by atoms with Gasteiger partial charge in [-0.25, -0.2) is 0 Å². The standard InChI is InChI=1S/C10H13BrO2/c1-7-5-9(3-4-10(7)11)13-6-8(2)12/h3-5,8,12H,6H2,1-2H3/t8-/m0/s1. The fraction of sp³-hybridized carbons (Fsp3) is 0.400. The molecule has 0 unspecified atom stereocenters. The Morgan fingerprint density at radius 3 is 2.77 bits per heavy atom. The highest BCUT2D eigenvalue weighted by Gasteiger charge is 2.00. The molecule has 2 nitrogen and oxygen atoms in total. The minimum Gasteiger partial charge on any atom is -0.491 e. The molecule has 1 aromatic rings. The monoisotopic (exact) mass is 244 g/mol. The summed E-state index contributed by atoms with van der Waals surface area (Å²) in [5, 5.41) is 9.00. The third kappa shape index (κ3) is 3.36. The van der Waals surface area contributed by atoms with E-state index in [4.69, 9.17) is 9.84 Å². The van der Waals surface area contributed by atoms with E-state index >= 15 is 0 Å². The minimum absolute atomic E-state index is 0.334. The number of ether oxygens (including phenoxy) is 1. The van der Waals surface area contributed by atoms with Gasteiger partial charge in [0, 0.05) is 4.47 Å². The summed E-state index contributed by atoms with van der Waals surface area (Å²) in [5.74, 6) is 0.793. The highest BCUT2D eigenvalue weighted by Crippen LogP contribution is 2.21. The summed E-state index contributed by atoms with van der Waals surface area (Å²) in [6, 6.07) is 5.75. The highest BCUT2D eigenvalue weighted by molar-refractivity contribution is 9.10. The molecule has 0 spiro atoms. The number of hydrogen-bond donors (Lipinski definition) is 1. The highest BCUT2D eigenvalue weighted by atomic mass is 79.9. The van der Waals surface area contributed by atoms with Gasteiger partial charge in [0.1, 0.15) is 12.4 Å². The van der Waals surface area contributed by atoms with E-state index in [1.165, 1.54) is 0 Å². The SMILES string of the molecule is Cc1cc(OC[C@H](C)O)ccc1Br. The quantitative estimate of drug-likeness (QED) is 0.886. The number of aryl methyl sites for hydroxylation is 1. The van der Waals surface area contributed by atoms with Crippen LogP contribution in [0.4, 0.5) is 0 Å². The molecule has 0 amide bonds. The van der Waals surface area contributed by atoms with Crippen molar-refractivity contribution in [3.8, 4) is 5.75 Å². The Hall–Kier alpha value is -0.540. The molecular formula is C10H13BrO2. The second kappa shape index (κ2) is 4.63. The topological polar surface area (TPSA) is 29.5 Å². The number of hydrogen-bond acceptors (Lipinski definition) is 2. The van der Waals surface area contributed by atoms with Gasteiger partial charge in [-0.3, -0.25) is 0 Å². The largest absolute Gasteiger partial charge is 0.491 e. The molecule has 0 radical (unpaired) electrons. The van der Waals surface area contributed by atoms with E-state index in [2.05, 4.69) is 15.9 Å². The lowest BCUT2D eigenvalue weighted by atomic mass is 10.2. The van der Waals surface area contributed by atoms with E-state index in [9.17, 15) is 0 Å². The van der Waals surface area contributed by atoms with Gasteiger partial charge in [-0.15, -0.1) is 0 Å². The fourth-order valence-corrected chi connectivity index (χ4v) is 1.17. The van der Waals surface area contributed by atoms with Crippen LogP contribution in [-0.4, -0.2) is 17.8 Å². The minimum atomic E-state index is -0.427. The molecule has 0 heterocycles. The molecule has 0 saturated heterocycles. The first-order valence-corrected chi connectivity index (χ1v) is 4.96. The van der Waals surface area contributed by atoms with Crippen LogP contribution < -0.4 is 4.74 Å². The first-order valence-electron chi connectivity index (χ1n) is 4.16. The molecule has 0 aliphatic heterocycles. The van der Waals surface area contributed by atoms with Gasteiger partial charge in [0.25, 0.3) is 0 Å². The summed E-state index contributed by atoms with van der Waals surface area (Å²) in [4.78, 5) is 0. The van der Waals surface area contributed by atoms with Crippen LogP contribution in [0.2, 0.25) is 0 Å². The van der Waals surface area contributed by atoms with Crippen LogP contribution >= 0.6 is 15.9 Å². The molecule has 1 N–H and O–H groups in total.